The smallest absolute Gasteiger partial charge is 0.214 e. The molecule has 1 heterocycles. The lowest BCUT2D eigenvalue weighted by Crippen LogP contribution is -2.38. The average molecular weight is 475 g/mol. The highest BCUT2D eigenvalue weighted by molar-refractivity contribution is 5.65. The van der Waals surface area contributed by atoms with Crippen LogP contribution in [0.5, 0.6) is 5.88 Å². The van der Waals surface area contributed by atoms with Crippen LogP contribution in [-0.4, -0.2) is 40.7 Å². The molecule has 1 aromatic heterocycles. The molecule has 0 spiro atoms. The molecule has 0 aliphatic rings. The van der Waals surface area contributed by atoms with Gasteiger partial charge in [0.25, 0.3) is 0 Å². The summed E-state index contributed by atoms with van der Waals surface area (Å²) in [7, 11) is 3.72. The third-order valence-corrected chi connectivity index (χ3v) is 6.23. The third-order valence-electron chi connectivity index (χ3n) is 6.23. The minimum Gasteiger partial charge on any atom is -0.493 e. The molecule has 0 saturated heterocycles. The van der Waals surface area contributed by atoms with Gasteiger partial charge in [0.2, 0.25) is 5.88 Å². The lowest BCUT2D eigenvalue weighted by atomic mass is 9.71. The van der Waals surface area contributed by atoms with Crippen molar-refractivity contribution < 1.29 is 19.0 Å². The molecule has 0 fully saturated rings. The summed E-state index contributed by atoms with van der Waals surface area (Å²) in [6.45, 7) is 0.435. The Kier molecular flexibility index (Phi) is 7.24. The predicted molar refractivity (Wildman–Crippen MR) is 133 cm³/mol. The van der Waals surface area contributed by atoms with Crippen LogP contribution in [-0.2, 0) is 5.60 Å². The molecule has 0 aliphatic carbocycles. The van der Waals surface area contributed by atoms with E-state index in [1.807, 2.05) is 79.7 Å². The van der Waals surface area contributed by atoms with Crippen LogP contribution in [0.2, 0.25) is 0 Å². The van der Waals surface area contributed by atoms with Gasteiger partial charge in [-0.05, 0) is 55.4 Å². The van der Waals surface area contributed by atoms with Gasteiger partial charge in [-0.1, -0.05) is 60.7 Å². The number of nitrogens with zero attached hydrogens (tertiary/aromatic N) is 2. The van der Waals surface area contributed by atoms with Crippen LogP contribution in [0.1, 0.15) is 29.0 Å². The van der Waals surface area contributed by atoms with E-state index in [9.17, 15) is 19.0 Å². The van der Waals surface area contributed by atoms with E-state index in [-0.39, 0.29) is 17.9 Å². The standard InChI is InChI=1S/C29H28F2N2O2/c1-33(2)14-13-29(35,23-16-24(30)18-25(31)17-23)27(21-11-7-4-8-12-21)26-15-22(19-32-28(26)34)20-9-5-3-6-10-20/h3-12,15-19,27,35H,13-14H2,1-2H3,(H,32,34). The minimum atomic E-state index is -1.76. The van der Waals surface area contributed by atoms with E-state index in [0.29, 0.717) is 17.7 Å². The lowest BCUT2D eigenvalue weighted by Gasteiger charge is -2.38. The fraction of sp³-hybridized carbons (Fsp3) is 0.207. The Morgan fingerprint density at radius 1 is 0.857 bits per heavy atom. The van der Waals surface area contributed by atoms with E-state index in [1.54, 1.807) is 12.3 Å². The normalized spacial score (nSPS) is 14.0. The molecule has 3 aromatic carbocycles. The predicted octanol–water partition coefficient (Wildman–Crippen LogP) is 5.70. The topological polar surface area (TPSA) is 56.6 Å². The van der Waals surface area contributed by atoms with Gasteiger partial charge in [0.1, 0.15) is 17.2 Å². The first-order chi connectivity index (χ1) is 16.8. The third kappa shape index (κ3) is 5.39. The number of hydrogen-bond acceptors (Lipinski definition) is 4. The Morgan fingerprint density at radius 3 is 2.06 bits per heavy atom. The Morgan fingerprint density at radius 2 is 1.46 bits per heavy atom. The Hall–Kier alpha value is -3.61. The molecule has 180 valence electrons. The molecule has 4 aromatic rings. The van der Waals surface area contributed by atoms with E-state index in [2.05, 4.69) is 4.98 Å². The van der Waals surface area contributed by atoms with Crippen LogP contribution < -0.4 is 0 Å². The molecule has 2 unspecified atom stereocenters. The average Bonchev–Trinajstić information content (AvgIpc) is 2.85. The summed E-state index contributed by atoms with van der Waals surface area (Å²) in [5.41, 5.74) is 1.02. The second-order valence-corrected chi connectivity index (χ2v) is 8.98. The largest absolute Gasteiger partial charge is 0.493 e. The summed E-state index contributed by atoms with van der Waals surface area (Å²) in [6, 6.07) is 23.6. The van der Waals surface area contributed by atoms with Gasteiger partial charge in [0.15, 0.2) is 0 Å². The van der Waals surface area contributed by atoms with E-state index >= 15 is 0 Å². The number of aliphatic hydroxyl groups is 1. The summed E-state index contributed by atoms with van der Waals surface area (Å²) < 4.78 is 28.7. The molecule has 2 atom stereocenters. The molecule has 0 bridgehead atoms. The minimum absolute atomic E-state index is 0.0928. The maximum Gasteiger partial charge on any atom is 0.214 e. The van der Waals surface area contributed by atoms with Gasteiger partial charge in [-0.2, -0.15) is 0 Å². The van der Waals surface area contributed by atoms with Crippen molar-refractivity contribution in [3.8, 4) is 17.0 Å². The van der Waals surface area contributed by atoms with Crippen LogP contribution in [0.3, 0.4) is 0 Å². The lowest BCUT2D eigenvalue weighted by molar-refractivity contribution is 0.00322. The SMILES string of the molecule is CN(C)CCC(O)(c1cc(F)cc(F)c1)C(c1ccccc1)c1cc(-c2ccccc2)cnc1O. The molecule has 0 amide bonds. The van der Waals surface area contributed by atoms with Crippen LogP contribution in [0.25, 0.3) is 11.1 Å². The fourth-order valence-corrected chi connectivity index (χ4v) is 4.49. The van der Waals surface area contributed by atoms with Gasteiger partial charge in [0.05, 0.1) is 0 Å². The highest BCUT2D eigenvalue weighted by atomic mass is 19.1. The zero-order valence-corrected chi connectivity index (χ0v) is 19.7. The van der Waals surface area contributed by atoms with Crippen molar-refractivity contribution in [2.24, 2.45) is 0 Å². The van der Waals surface area contributed by atoms with Crippen molar-refractivity contribution in [2.45, 2.75) is 17.9 Å². The van der Waals surface area contributed by atoms with E-state index in [4.69, 9.17) is 0 Å². The fourth-order valence-electron chi connectivity index (χ4n) is 4.49. The van der Waals surface area contributed by atoms with Crippen molar-refractivity contribution >= 4 is 0 Å². The number of aromatic hydroxyl groups is 1. The van der Waals surface area contributed by atoms with Gasteiger partial charge in [-0.25, -0.2) is 13.8 Å². The van der Waals surface area contributed by atoms with Gasteiger partial charge in [0, 0.05) is 35.9 Å². The summed E-state index contributed by atoms with van der Waals surface area (Å²) in [5.74, 6) is -2.68. The molecule has 0 radical (unpaired) electrons. The molecular weight excluding hydrogens is 446 g/mol. The zero-order chi connectivity index (χ0) is 25.0. The molecule has 2 N–H and O–H groups in total. The van der Waals surface area contributed by atoms with Crippen molar-refractivity contribution in [3.05, 3.63) is 119 Å². The van der Waals surface area contributed by atoms with Gasteiger partial charge >= 0.3 is 0 Å². The highest BCUT2D eigenvalue weighted by Gasteiger charge is 2.42. The first-order valence-electron chi connectivity index (χ1n) is 11.4. The maximum atomic E-state index is 14.4. The molecule has 0 saturated carbocycles. The number of rotatable bonds is 8. The number of pyridine rings is 1. The monoisotopic (exact) mass is 474 g/mol. The second kappa shape index (κ2) is 10.3. The van der Waals surface area contributed by atoms with Crippen molar-refractivity contribution in [3.63, 3.8) is 0 Å². The molecule has 0 aliphatic heterocycles. The first-order valence-corrected chi connectivity index (χ1v) is 11.4. The van der Waals surface area contributed by atoms with Gasteiger partial charge in [-0.3, -0.25) is 0 Å². The maximum absolute atomic E-state index is 14.4. The van der Waals surface area contributed by atoms with Crippen LogP contribution in [0, 0.1) is 11.6 Å². The highest BCUT2D eigenvalue weighted by Crippen LogP contribution is 2.47. The van der Waals surface area contributed by atoms with Gasteiger partial charge in [-0.15, -0.1) is 0 Å². The second-order valence-electron chi connectivity index (χ2n) is 8.98. The van der Waals surface area contributed by atoms with Crippen molar-refractivity contribution in [2.75, 3.05) is 20.6 Å². The van der Waals surface area contributed by atoms with E-state index in [1.165, 1.54) is 0 Å². The number of aromatic nitrogens is 1. The molecule has 35 heavy (non-hydrogen) atoms. The van der Waals surface area contributed by atoms with Crippen LogP contribution in [0.4, 0.5) is 8.78 Å². The van der Waals surface area contributed by atoms with E-state index in [0.717, 1.165) is 29.3 Å². The van der Waals surface area contributed by atoms with Crippen molar-refractivity contribution in [1.82, 2.24) is 9.88 Å². The first kappa shape index (κ1) is 24.5. The zero-order valence-electron chi connectivity index (χ0n) is 19.7. The molecule has 4 nitrogen and oxygen atoms in total. The summed E-state index contributed by atoms with van der Waals surface area (Å²) in [5, 5.41) is 23.3. The molecule has 4 rings (SSSR count). The molecular formula is C29H28F2N2O2. The Labute approximate surface area is 204 Å². The van der Waals surface area contributed by atoms with Crippen molar-refractivity contribution in [1.29, 1.82) is 0 Å². The number of hydrogen-bond donors (Lipinski definition) is 2. The summed E-state index contributed by atoms with van der Waals surface area (Å²) >= 11 is 0. The van der Waals surface area contributed by atoms with Crippen LogP contribution in [0.15, 0.2) is 91.1 Å². The van der Waals surface area contributed by atoms with Gasteiger partial charge < -0.3 is 15.1 Å². The van der Waals surface area contributed by atoms with Crippen LogP contribution >= 0.6 is 0 Å². The Balaban J connectivity index is 1.97. The summed E-state index contributed by atoms with van der Waals surface area (Å²) in [6.07, 6.45) is 1.72. The van der Waals surface area contributed by atoms with E-state index < -0.39 is 23.2 Å². The summed E-state index contributed by atoms with van der Waals surface area (Å²) in [4.78, 5) is 6.12. The number of benzene rings is 3. The molecule has 6 heteroatoms. The Bertz CT molecular complexity index is 1260. The quantitative estimate of drug-likeness (QED) is 0.344. The number of halogens is 2.